The summed E-state index contributed by atoms with van der Waals surface area (Å²) in [5.41, 5.74) is 0.268. The summed E-state index contributed by atoms with van der Waals surface area (Å²) in [6, 6.07) is 5.18. The predicted molar refractivity (Wildman–Crippen MR) is 94.2 cm³/mol. The number of ketones is 1. The second kappa shape index (κ2) is 8.40. The van der Waals surface area contributed by atoms with E-state index in [4.69, 9.17) is 16.3 Å². The van der Waals surface area contributed by atoms with Gasteiger partial charge in [-0.25, -0.2) is 9.37 Å². The summed E-state index contributed by atoms with van der Waals surface area (Å²) in [5.74, 6) is -1.93. The summed E-state index contributed by atoms with van der Waals surface area (Å²) in [6.45, 7) is 1.88. The number of hydrogen-bond acceptors (Lipinski definition) is 5. The van der Waals surface area contributed by atoms with E-state index in [0.717, 1.165) is 0 Å². The maximum absolute atomic E-state index is 13.5. The van der Waals surface area contributed by atoms with Crippen LogP contribution in [0.4, 0.5) is 4.39 Å². The van der Waals surface area contributed by atoms with Crippen molar-refractivity contribution >= 4 is 39.3 Å². The van der Waals surface area contributed by atoms with Crippen molar-refractivity contribution in [2.24, 2.45) is 0 Å². The fraction of sp³-hybridized carbons (Fsp3) is 0.235. The topological polar surface area (TPSA) is 76.5 Å². The average Bonchev–Trinajstić information content (AvgIpc) is 2.57. The molecule has 0 radical (unpaired) electrons. The van der Waals surface area contributed by atoms with Gasteiger partial charge in [-0.15, -0.1) is 0 Å². The molecule has 1 heterocycles. The van der Waals surface area contributed by atoms with Crippen LogP contribution < -0.4 is 0 Å². The molecule has 0 bridgehead atoms. The Bertz CT molecular complexity index is 829. The van der Waals surface area contributed by atoms with Crippen LogP contribution in [0.3, 0.4) is 0 Å². The third-order valence-electron chi connectivity index (χ3n) is 3.28. The molecule has 2 aromatic rings. The van der Waals surface area contributed by atoms with E-state index in [1.54, 1.807) is 6.92 Å². The normalized spacial score (nSPS) is 10.6. The molecule has 2 rings (SSSR count). The van der Waals surface area contributed by atoms with Crippen LogP contribution in [0.15, 0.2) is 28.7 Å². The number of carbonyl (C=O) groups is 2. The van der Waals surface area contributed by atoms with E-state index in [0.29, 0.717) is 0 Å². The lowest BCUT2D eigenvalue weighted by atomic mass is 10.1. The number of pyridine rings is 1. The molecule has 1 aromatic carbocycles. The van der Waals surface area contributed by atoms with E-state index in [1.165, 1.54) is 24.3 Å². The van der Waals surface area contributed by atoms with Gasteiger partial charge in [0, 0.05) is 12.0 Å². The molecule has 0 aliphatic carbocycles. The van der Waals surface area contributed by atoms with Crippen molar-refractivity contribution in [2.75, 3.05) is 6.61 Å². The molecule has 132 valence electrons. The number of aromatic hydroxyl groups is 1. The van der Waals surface area contributed by atoms with Gasteiger partial charge in [0.25, 0.3) is 0 Å². The number of Topliss-reactive ketones (excluding diaryl/α,β-unsaturated/α-hetero) is 1. The molecule has 1 aromatic heterocycles. The second-order valence-electron chi connectivity index (χ2n) is 5.04. The van der Waals surface area contributed by atoms with E-state index in [-0.39, 0.29) is 51.6 Å². The summed E-state index contributed by atoms with van der Waals surface area (Å²) >= 11 is 9.20. The number of rotatable bonds is 6. The Labute approximate surface area is 156 Å². The predicted octanol–water partition coefficient (Wildman–Crippen LogP) is 4.54. The molecule has 0 spiro atoms. The SMILES string of the molecule is CCOC(=O)CCC(=O)c1nc(-c2cc(F)ccc2Cl)cc(Br)c1O. The van der Waals surface area contributed by atoms with Gasteiger partial charge < -0.3 is 9.84 Å². The molecule has 1 N–H and O–H groups in total. The van der Waals surface area contributed by atoms with Crippen molar-refractivity contribution in [1.82, 2.24) is 4.98 Å². The maximum Gasteiger partial charge on any atom is 0.306 e. The van der Waals surface area contributed by atoms with Crippen molar-refractivity contribution in [2.45, 2.75) is 19.8 Å². The third-order valence-corrected chi connectivity index (χ3v) is 4.21. The number of halogens is 3. The second-order valence-corrected chi connectivity index (χ2v) is 6.30. The van der Waals surface area contributed by atoms with Crippen LogP contribution in [-0.4, -0.2) is 28.4 Å². The molecular formula is C17H14BrClFNO4. The standard InChI is InChI=1S/C17H14BrClFNO4/c1-2-25-15(23)6-5-14(22)16-17(24)11(18)8-13(21-16)10-7-9(20)3-4-12(10)19/h3-4,7-8,24H,2,5-6H2,1H3. The van der Waals surface area contributed by atoms with Crippen molar-refractivity contribution in [3.8, 4) is 17.0 Å². The Morgan fingerprint density at radius 3 is 2.72 bits per heavy atom. The first-order valence-corrected chi connectivity index (χ1v) is 8.54. The van der Waals surface area contributed by atoms with Crippen LogP contribution in [0.2, 0.25) is 5.02 Å². The van der Waals surface area contributed by atoms with Gasteiger partial charge in [0.05, 0.1) is 28.2 Å². The first-order valence-electron chi connectivity index (χ1n) is 7.37. The lowest BCUT2D eigenvalue weighted by Gasteiger charge is -2.10. The number of aromatic nitrogens is 1. The minimum atomic E-state index is -0.541. The van der Waals surface area contributed by atoms with Crippen LogP contribution in [0.25, 0.3) is 11.3 Å². The number of ether oxygens (including phenoxy) is 1. The monoisotopic (exact) mass is 429 g/mol. The summed E-state index contributed by atoms with van der Waals surface area (Å²) < 4.78 is 18.5. The van der Waals surface area contributed by atoms with Crippen LogP contribution in [0.1, 0.15) is 30.3 Å². The van der Waals surface area contributed by atoms with E-state index in [1.807, 2.05) is 0 Å². The zero-order valence-electron chi connectivity index (χ0n) is 13.2. The van der Waals surface area contributed by atoms with Crippen molar-refractivity contribution in [1.29, 1.82) is 0 Å². The number of carbonyl (C=O) groups excluding carboxylic acids is 2. The molecule has 0 unspecified atom stereocenters. The van der Waals surface area contributed by atoms with Gasteiger partial charge in [0.15, 0.2) is 11.5 Å². The van der Waals surface area contributed by atoms with Crippen LogP contribution in [0.5, 0.6) is 5.75 Å². The summed E-state index contributed by atoms with van der Waals surface area (Å²) in [6.07, 6.45) is -0.303. The summed E-state index contributed by atoms with van der Waals surface area (Å²) in [7, 11) is 0. The Kier molecular flexibility index (Phi) is 6.50. The van der Waals surface area contributed by atoms with Gasteiger partial charge in [-0.2, -0.15) is 0 Å². The highest BCUT2D eigenvalue weighted by Crippen LogP contribution is 2.34. The lowest BCUT2D eigenvalue weighted by molar-refractivity contribution is -0.143. The molecule has 0 saturated carbocycles. The molecule has 5 nitrogen and oxygen atoms in total. The fourth-order valence-electron chi connectivity index (χ4n) is 2.10. The molecule has 0 fully saturated rings. The Hall–Kier alpha value is -1.99. The van der Waals surface area contributed by atoms with Gasteiger partial charge in [-0.05, 0) is 47.1 Å². The highest BCUT2D eigenvalue weighted by molar-refractivity contribution is 9.10. The van der Waals surface area contributed by atoms with Gasteiger partial charge in [-0.3, -0.25) is 9.59 Å². The van der Waals surface area contributed by atoms with Crippen LogP contribution in [0, 0.1) is 5.82 Å². The molecule has 0 atom stereocenters. The quantitative estimate of drug-likeness (QED) is 0.538. The smallest absolute Gasteiger partial charge is 0.306 e. The fourth-order valence-corrected chi connectivity index (χ4v) is 2.72. The Balaban J connectivity index is 2.36. The molecule has 8 heteroatoms. The molecular weight excluding hydrogens is 417 g/mol. The van der Waals surface area contributed by atoms with Gasteiger partial charge in [0.1, 0.15) is 11.5 Å². The maximum atomic E-state index is 13.5. The van der Waals surface area contributed by atoms with E-state index in [2.05, 4.69) is 20.9 Å². The van der Waals surface area contributed by atoms with Crippen molar-refractivity contribution < 1.29 is 23.8 Å². The zero-order valence-corrected chi connectivity index (χ0v) is 15.5. The summed E-state index contributed by atoms with van der Waals surface area (Å²) in [5, 5.41) is 10.3. The average molecular weight is 431 g/mol. The van der Waals surface area contributed by atoms with Gasteiger partial charge in [0.2, 0.25) is 0 Å². The minimum Gasteiger partial charge on any atom is -0.504 e. The zero-order chi connectivity index (χ0) is 18.6. The van der Waals surface area contributed by atoms with E-state index >= 15 is 0 Å². The minimum absolute atomic E-state index is 0.129. The van der Waals surface area contributed by atoms with Crippen molar-refractivity contribution in [3.05, 3.63) is 45.3 Å². The number of hydrogen-bond donors (Lipinski definition) is 1. The van der Waals surface area contributed by atoms with E-state index in [9.17, 15) is 19.1 Å². The van der Waals surface area contributed by atoms with Crippen molar-refractivity contribution in [3.63, 3.8) is 0 Å². The Morgan fingerprint density at radius 1 is 1.32 bits per heavy atom. The molecule has 0 amide bonds. The first kappa shape index (κ1) is 19.3. The Morgan fingerprint density at radius 2 is 2.04 bits per heavy atom. The van der Waals surface area contributed by atoms with Crippen LogP contribution >= 0.6 is 27.5 Å². The summed E-state index contributed by atoms with van der Waals surface area (Å²) in [4.78, 5) is 27.8. The molecule has 0 aliphatic heterocycles. The first-order chi connectivity index (χ1) is 11.8. The van der Waals surface area contributed by atoms with Gasteiger partial charge >= 0.3 is 5.97 Å². The number of nitrogens with zero attached hydrogens (tertiary/aromatic N) is 1. The largest absolute Gasteiger partial charge is 0.504 e. The highest BCUT2D eigenvalue weighted by atomic mass is 79.9. The molecule has 0 saturated heterocycles. The number of benzene rings is 1. The lowest BCUT2D eigenvalue weighted by Crippen LogP contribution is -2.10. The molecule has 0 aliphatic rings. The van der Waals surface area contributed by atoms with Crippen LogP contribution in [-0.2, 0) is 9.53 Å². The third kappa shape index (κ3) is 4.76. The number of esters is 1. The molecule has 25 heavy (non-hydrogen) atoms. The highest BCUT2D eigenvalue weighted by Gasteiger charge is 2.20. The van der Waals surface area contributed by atoms with E-state index < -0.39 is 17.6 Å². The van der Waals surface area contributed by atoms with Gasteiger partial charge in [-0.1, -0.05) is 11.6 Å².